The molecule has 0 amide bonds. The van der Waals surface area contributed by atoms with Gasteiger partial charge in [-0.1, -0.05) is 37.3 Å². The maximum absolute atomic E-state index is 14.2. The van der Waals surface area contributed by atoms with Crippen LogP contribution in [-0.4, -0.2) is 21.0 Å². The Balaban J connectivity index is 2.11. The van der Waals surface area contributed by atoms with Crippen molar-refractivity contribution >= 4 is 11.0 Å². The number of halogens is 1. The van der Waals surface area contributed by atoms with Gasteiger partial charge < -0.3 is 5.32 Å². The highest BCUT2D eigenvalue weighted by molar-refractivity contribution is 5.76. The van der Waals surface area contributed by atoms with Gasteiger partial charge in [-0.15, -0.1) is 5.10 Å². The summed E-state index contributed by atoms with van der Waals surface area (Å²) >= 11 is 0. The van der Waals surface area contributed by atoms with Crippen molar-refractivity contribution < 1.29 is 4.39 Å². The molecule has 0 unspecified atom stereocenters. The molecule has 0 aliphatic rings. The molecule has 21 heavy (non-hydrogen) atoms. The summed E-state index contributed by atoms with van der Waals surface area (Å²) < 4.78 is 15.9. The van der Waals surface area contributed by atoms with E-state index < -0.39 is 0 Å². The van der Waals surface area contributed by atoms with E-state index in [1.54, 1.807) is 10.7 Å². The fourth-order valence-corrected chi connectivity index (χ4v) is 2.27. The maximum Gasteiger partial charge on any atom is 0.129 e. The van der Waals surface area contributed by atoms with Gasteiger partial charge in [0.15, 0.2) is 0 Å². The zero-order chi connectivity index (χ0) is 14.8. The van der Waals surface area contributed by atoms with Crippen LogP contribution in [0.3, 0.4) is 0 Å². The van der Waals surface area contributed by atoms with Crippen molar-refractivity contribution in [1.82, 2.24) is 20.3 Å². The van der Waals surface area contributed by atoms with Crippen molar-refractivity contribution in [3.63, 3.8) is 0 Å². The number of fused-ring (bicyclic) bond motifs is 1. The van der Waals surface area contributed by atoms with Crippen molar-refractivity contribution in [3.8, 4) is 5.69 Å². The lowest BCUT2D eigenvalue weighted by molar-refractivity contribution is 0.550. The quantitative estimate of drug-likeness (QED) is 0.800. The summed E-state index contributed by atoms with van der Waals surface area (Å²) in [5, 5.41) is 11.5. The number of para-hydroxylation sites is 1. The Kier molecular flexibility index (Phi) is 3.66. The molecule has 0 spiro atoms. The lowest BCUT2D eigenvalue weighted by Crippen LogP contribution is -2.23. The lowest BCUT2D eigenvalue weighted by atomic mass is 10.1. The van der Waals surface area contributed by atoms with E-state index in [0.29, 0.717) is 12.1 Å². The Hall–Kier alpha value is -2.27. The van der Waals surface area contributed by atoms with E-state index in [9.17, 15) is 4.39 Å². The maximum atomic E-state index is 14.2. The molecule has 0 saturated heterocycles. The third kappa shape index (κ3) is 2.64. The van der Waals surface area contributed by atoms with Crippen LogP contribution in [0, 0.1) is 5.82 Å². The van der Waals surface area contributed by atoms with Crippen LogP contribution in [0.25, 0.3) is 16.7 Å². The fourth-order valence-electron chi connectivity index (χ4n) is 2.27. The largest absolute Gasteiger partial charge is 0.310 e. The summed E-state index contributed by atoms with van der Waals surface area (Å²) in [5.41, 5.74) is 2.98. The van der Waals surface area contributed by atoms with Crippen LogP contribution in [0.15, 0.2) is 42.5 Å². The number of aromatic nitrogens is 3. The highest BCUT2D eigenvalue weighted by Gasteiger charge is 2.13. The number of nitrogens with one attached hydrogen (secondary N) is 1. The normalized spacial score (nSPS) is 11.4. The van der Waals surface area contributed by atoms with Gasteiger partial charge in [-0.25, -0.2) is 9.07 Å². The third-order valence-corrected chi connectivity index (χ3v) is 3.36. The Labute approximate surface area is 122 Å². The number of benzene rings is 2. The standard InChI is InChI=1S/C16H17FN4/c1-11(2)18-10-12-13(17)6-5-9-15(12)21-16-8-4-3-7-14(16)19-20-21/h3-9,11,18H,10H2,1-2H3. The van der Waals surface area contributed by atoms with Crippen LogP contribution < -0.4 is 5.32 Å². The van der Waals surface area contributed by atoms with Crippen molar-refractivity contribution in [2.24, 2.45) is 0 Å². The van der Waals surface area contributed by atoms with Gasteiger partial charge in [0, 0.05) is 18.2 Å². The molecule has 0 saturated carbocycles. The molecule has 1 N–H and O–H groups in total. The van der Waals surface area contributed by atoms with E-state index in [0.717, 1.165) is 16.7 Å². The minimum Gasteiger partial charge on any atom is -0.310 e. The summed E-state index contributed by atoms with van der Waals surface area (Å²) in [5.74, 6) is -0.236. The van der Waals surface area contributed by atoms with Crippen molar-refractivity contribution in [2.45, 2.75) is 26.4 Å². The van der Waals surface area contributed by atoms with Crippen LogP contribution in [0.1, 0.15) is 19.4 Å². The van der Waals surface area contributed by atoms with Gasteiger partial charge in [-0.2, -0.15) is 0 Å². The van der Waals surface area contributed by atoms with Crippen LogP contribution in [0.2, 0.25) is 0 Å². The molecule has 0 aliphatic carbocycles. The first-order valence-corrected chi connectivity index (χ1v) is 6.98. The lowest BCUT2D eigenvalue weighted by Gasteiger charge is -2.13. The topological polar surface area (TPSA) is 42.7 Å². The molecule has 5 heteroatoms. The van der Waals surface area contributed by atoms with E-state index in [1.165, 1.54) is 6.07 Å². The summed E-state index contributed by atoms with van der Waals surface area (Å²) in [4.78, 5) is 0. The van der Waals surface area contributed by atoms with Crippen molar-refractivity contribution in [3.05, 3.63) is 53.8 Å². The predicted molar refractivity (Wildman–Crippen MR) is 80.8 cm³/mol. The zero-order valence-corrected chi connectivity index (χ0v) is 12.0. The second-order valence-electron chi connectivity index (χ2n) is 5.26. The van der Waals surface area contributed by atoms with E-state index in [2.05, 4.69) is 15.6 Å². The summed E-state index contributed by atoms with van der Waals surface area (Å²) in [7, 11) is 0. The molecule has 3 aromatic rings. The first-order chi connectivity index (χ1) is 10.2. The molecular weight excluding hydrogens is 267 g/mol. The number of nitrogens with zero attached hydrogens (tertiary/aromatic N) is 3. The Morgan fingerprint density at radius 3 is 2.76 bits per heavy atom. The van der Waals surface area contributed by atoms with Crippen molar-refractivity contribution in [2.75, 3.05) is 0 Å². The number of hydrogen-bond donors (Lipinski definition) is 1. The van der Waals surface area contributed by atoms with Gasteiger partial charge >= 0.3 is 0 Å². The third-order valence-electron chi connectivity index (χ3n) is 3.36. The second-order valence-corrected chi connectivity index (χ2v) is 5.26. The molecule has 1 heterocycles. The van der Waals surface area contributed by atoms with Gasteiger partial charge in [0.25, 0.3) is 0 Å². The molecule has 2 aromatic carbocycles. The summed E-state index contributed by atoms with van der Waals surface area (Å²) in [6.45, 7) is 4.52. The van der Waals surface area contributed by atoms with E-state index in [4.69, 9.17) is 0 Å². The molecule has 0 bridgehead atoms. The average molecular weight is 284 g/mol. The first kappa shape index (κ1) is 13.7. The average Bonchev–Trinajstić information content (AvgIpc) is 2.89. The Morgan fingerprint density at radius 1 is 1.14 bits per heavy atom. The molecule has 0 atom stereocenters. The highest BCUT2D eigenvalue weighted by Crippen LogP contribution is 2.21. The second kappa shape index (κ2) is 5.61. The Bertz CT molecular complexity index is 764. The summed E-state index contributed by atoms with van der Waals surface area (Å²) in [6, 6.07) is 13.0. The number of rotatable bonds is 4. The van der Waals surface area contributed by atoms with Gasteiger partial charge in [0.2, 0.25) is 0 Å². The van der Waals surface area contributed by atoms with Crippen molar-refractivity contribution in [1.29, 1.82) is 0 Å². The van der Waals surface area contributed by atoms with Crippen LogP contribution in [0.5, 0.6) is 0 Å². The van der Waals surface area contributed by atoms with Gasteiger partial charge in [0.1, 0.15) is 11.3 Å². The Morgan fingerprint density at radius 2 is 1.95 bits per heavy atom. The summed E-state index contributed by atoms with van der Waals surface area (Å²) in [6.07, 6.45) is 0. The van der Waals surface area contributed by atoms with E-state index in [1.807, 2.05) is 44.2 Å². The first-order valence-electron chi connectivity index (χ1n) is 6.98. The van der Waals surface area contributed by atoms with Gasteiger partial charge in [-0.05, 0) is 24.3 Å². The minimum absolute atomic E-state index is 0.236. The molecule has 0 aliphatic heterocycles. The highest BCUT2D eigenvalue weighted by atomic mass is 19.1. The molecule has 4 nitrogen and oxygen atoms in total. The van der Waals surface area contributed by atoms with E-state index in [-0.39, 0.29) is 11.9 Å². The van der Waals surface area contributed by atoms with Gasteiger partial charge in [-0.3, -0.25) is 0 Å². The van der Waals surface area contributed by atoms with E-state index >= 15 is 0 Å². The zero-order valence-electron chi connectivity index (χ0n) is 12.0. The molecule has 3 rings (SSSR count). The molecular formula is C16H17FN4. The number of hydrogen-bond acceptors (Lipinski definition) is 3. The van der Waals surface area contributed by atoms with Crippen LogP contribution in [0.4, 0.5) is 4.39 Å². The smallest absolute Gasteiger partial charge is 0.129 e. The van der Waals surface area contributed by atoms with Crippen LogP contribution >= 0.6 is 0 Å². The molecule has 108 valence electrons. The molecule has 0 radical (unpaired) electrons. The molecule has 0 fully saturated rings. The fraction of sp³-hybridized carbons (Fsp3) is 0.250. The predicted octanol–water partition coefficient (Wildman–Crippen LogP) is 3.06. The monoisotopic (exact) mass is 284 g/mol. The van der Waals surface area contributed by atoms with Crippen LogP contribution in [-0.2, 0) is 6.54 Å². The minimum atomic E-state index is -0.236. The molecule has 1 aromatic heterocycles. The van der Waals surface area contributed by atoms with Gasteiger partial charge in [0.05, 0.1) is 11.2 Å². The SMILES string of the molecule is CC(C)NCc1c(F)cccc1-n1nnc2ccccc21.